The molecule has 0 aliphatic carbocycles. The number of thiophene rings is 1. The van der Waals surface area contributed by atoms with Gasteiger partial charge in [0.15, 0.2) is 0 Å². The van der Waals surface area contributed by atoms with Crippen LogP contribution in [0.2, 0.25) is 0 Å². The summed E-state index contributed by atoms with van der Waals surface area (Å²) in [5, 5.41) is 9.42. The molecule has 0 saturated carbocycles. The second-order valence-corrected chi connectivity index (χ2v) is 6.65. The van der Waals surface area contributed by atoms with E-state index < -0.39 is 0 Å². The quantitative estimate of drug-likeness (QED) is 0.719. The molecular formula is C20H18N2O2S. The third-order valence-corrected chi connectivity index (χ3v) is 5.09. The predicted octanol–water partition coefficient (Wildman–Crippen LogP) is 4.67. The zero-order chi connectivity index (χ0) is 17.2. The van der Waals surface area contributed by atoms with Gasteiger partial charge in [0.1, 0.15) is 16.9 Å². The Kier molecular flexibility index (Phi) is 4.15. The predicted molar refractivity (Wildman–Crippen MR) is 101 cm³/mol. The molecule has 2 aromatic carbocycles. The second-order valence-electron chi connectivity index (χ2n) is 5.77. The van der Waals surface area contributed by atoms with Crippen molar-refractivity contribution in [2.75, 3.05) is 11.9 Å². The Balaban J connectivity index is 1.62. The Bertz CT molecular complexity index is 888. The molecule has 1 unspecified atom stereocenters. The Labute approximate surface area is 150 Å². The molecule has 25 heavy (non-hydrogen) atoms. The third-order valence-electron chi connectivity index (χ3n) is 4.18. The van der Waals surface area contributed by atoms with Crippen LogP contribution in [0.25, 0.3) is 11.1 Å². The van der Waals surface area contributed by atoms with Crippen LogP contribution in [0.5, 0.6) is 5.75 Å². The molecule has 2 N–H and O–H groups in total. The van der Waals surface area contributed by atoms with Crippen molar-refractivity contribution in [3.8, 4) is 16.9 Å². The van der Waals surface area contributed by atoms with Crippen molar-refractivity contribution >= 4 is 22.2 Å². The molecular weight excluding hydrogens is 332 g/mol. The van der Waals surface area contributed by atoms with Gasteiger partial charge in [0.25, 0.3) is 5.91 Å². The monoisotopic (exact) mass is 350 g/mol. The molecule has 126 valence electrons. The molecule has 4 nitrogen and oxygen atoms in total. The van der Waals surface area contributed by atoms with Gasteiger partial charge >= 0.3 is 0 Å². The van der Waals surface area contributed by atoms with Gasteiger partial charge in [0.2, 0.25) is 0 Å². The summed E-state index contributed by atoms with van der Waals surface area (Å²) in [6.45, 7) is 2.60. The molecule has 0 fully saturated rings. The maximum Gasteiger partial charge on any atom is 0.256 e. The van der Waals surface area contributed by atoms with Gasteiger partial charge in [0.05, 0.1) is 12.2 Å². The smallest absolute Gasteiger partial charge is 0.256 e. The Morgan fingerprint density at radius 3 is 2.52 bits per heavy atom. The van der Waals surface area contributed by atoms with Crippen LogP contribution < -0.4 is 15.4 Å². The SMILES string of the molecule is CCOc1ccc(C2NC(=O)c3c(-c4ccccc4)csc3N2)cc1. The molecule has 1 aliphatic rings. The van der Waals surface area contributed by atoms with E-state index in [1.807, 2.05) is 66.9 Å². The molecule has 0 spiro atoms. The molecule has 1 aliphatic heterocycles. The minimum absolute atomic E-state index is 0.0484. The van der Waals surface area contributed by atoms with Crippen LogP contribution in [-0.4, -0.2) is 12.5 Å². The van der Waals surface area contributed by atoms with Gasteiger partial charge in [-0.15, -0.1) is 11.3 Å². The highest BCUT2D eigenvalue weighted by atomic mass is 32.1. The first-order valence-corrected chi connectivity index (χ1v) is 9.11. The summed E-state index contributed by atoms with van der Waals surface area (Å²) in [6.07, 6.45) is -0.238. The first kappa shape index (κ1) is 15.7. The number of fused-ring (bicyclic) bond motifs is 1. The van der Waals surface area contributed by atoms with Crippen LogP contribution in [0.4, 0.5) is 5.00 Å². The normalized spacial score (nSPS) is 15.9. The fourth-order valence-electron chi connectivity index (χ4n) is 2.98. The minimum Gasteiger partial charge on any atom is -0.494 e. The van der Waals surface area contributed by atoms with Gasteiger partial charge in [-0.2, -0.15) is 0 Å². The average Bonchev–Trinajstić information content (AvgIpc) is 3.08. The molecule has 2 heterocycles. The van der Waals surface area contributed by atoms with Crippen LogP contribution in [0.15, 0.2) is 60.0 Å². The number of hydrogen-bond donors (Lipinski definition) is 2. The lowest BCUT2D eigenvalue weighted by Gasteiger charge is -2.26. The summed E-state index contributed by atoms with van der Waals surface area (Å²) in [5.41, 5.74) is 3.74. The van der Waals surface area contributed by atoms with E-state index in [1.165, 1.54) is 0 Å². The van der Waals surface area contributed by atoms with Crippen LogP contribution in [0.1, 0.15) is 29.0 Å². The van der Waals surface area contributed by atoms with Crippen LogP contribution in [0, 0.1) is 0 Å². The summed E-state index contributed by atoms with van der Waals surface area (Å²) < 4.78 is 5.47. The number of nitrogens with one attached hydrogen (secondary N) is 2. The van der Waals surface area contributed by atoms with Gasteiger partial charge in [-0.05, 0) is 30.2 Å². The van der Waals surface area contributed by atoms with Crippen LogP contribution in [-0.2, 0) is 0 Å². The van der Waals surface area contributed by atoms with Gasteiger partial charge in [-0.25, -0.2) is 0 Å². The highest BCUT2D eigenvalue weighted by Gasteiger charge is 2.29. The van der Waals surface area contributed by atoms with Crippen LogP contribution >= 0.6 is 11.3 Å². The molecule has 1 atom stereocenters. The molecule has 4 rings (SSSR count). The molecule has 0 saturated heterocycles. The van der Waals surface area contributed by atoms with E-state index in [-0.39, 0.29) is 12.1 Å². The van der Waals surface area contributed by atoms with Crippen molar-refractivity contribution in [1.29, 1.82) is 0 Å². The van der Waals surface area contributed by atoms with E-state index in [2.05, 4.69) is 10.6 Å². The first-order chi connectivity index (χ1) is 12.3. The zero-order valence-corrected chi connectivity index (χ0v) is 14.6. The van der Waals surface area contributed by atoms with Crippen LogP contribution in [0.3, 0.4) is 0 Å². The summed E-state index contributed by atoms with van der Waals surface area (Å²) in [7, 11) is 0. The van der Waals surface area contributed by atoms with Gasteiger partial charge in [-0.1, -0.05) is 42.5 Å². The fraction of sp³-hybridized carbons (Fsp3) is 0.150. The van der Waals surface area contributed by atoms with Crippen molar-refractivity contribution in [3.05, 3.63) is 71.1 Å². The fourth-order valence-corrected chi connectivity index (χ4v) is 3.98. The molecule has 0 radical (unpaired) electrons. The van der Waals surface area contributed by atoms with Crippen molar-refractivity contribution in [1.82, 2.24) is 5.32 Å². The summed E-state index contributed by atoms with van der Waals surface area (Å²) in [4.78, 5) is 12.7. The topological polar surface area (TPSA) is 50.4 Å². The van der Waals surface area contributed by atoms with E-state index >= 15 is 0 Å². The lowest BCUT2D eigenvalue weighted by atomic mass is 10.0. The van der Waals surface area contributed by atoms with Gasteiger partial charge < -0.3 is 15.4 Å². The van der Waals surface area contributed by atoms with Gasteiger partial charge in [0, 0.05) is 10.9 Å². The number of anilines is 1. The Morgan fingerprint density at radius 1 is 1.04 bits per heavy atom. The highest BCUT2D eigenvalue weighted by molar-refractivity contribution is 7.15. The average molecular weight is 350 g/mol. The summed E-state index contributed by atoms with van der Waals surface area (Å²) >= 11 is 1.56. The first-order valence-electron chi connectivity index (χ1n) is 8.23. The maximum absolute atomic E-state index is 12.7. The van der Waals surface area contributed by atoms with E-state index in [1.54, 1.807) is 11.3 Å². The highest BCUT2D eigenvalue weighted by Crippen LogP contribution is 2.39. The molecule has 3 aromatic rings. The number of carbonyl (C=O) groups is 1. The Morgan fingerprint density at radius 2 is 1.80 bits per heavy atom. The van der Waals surface area contributed by atoms with Gasteiger partial charge in [-0.3, -0.25) is 4.79 Å². The van der Waals surface area contributed by atoms with Crippen molar-refractivity contribution < 1.29 is 9.53 Å². The van der Waals surface area contributed by atoms with E-state index in [0.29, 0.717) is 6.61 Å². The second kappa shape index (κ2) is 6.61. The summed E-state index contributed by atoms with van der Waals surface area (Å²) in [6, 6.07) is 17.8. The van der Waals surface area contributed by atoms with Crippen molar-refractivity contribution in [2.24, 2.45) is 0 Å². The van der Waals surface area contributed by atoms with Crippen molar-refractivity contribution in [2.45, 2.75) is 13.1 Å². The number of rotatable bonds is 4. The standard InChI is InChI=1S/C20H18N2O2S/c1-2-24-15-10-8-14(9-11-15)18-21-19(23)17-16(12-25-20(17)22-18)13-6-4-3-5-7-13/h3-12,18,22H,2H2,1H3,(H,21,23). The number of carbonyl (C=O) groups excluding carboxylic acids is 1. The van der Waals surface area contributed by atoms with E-state index in [0.717, 1.165) is 33.0 Å². The maximum atomic E-state index is 12.7. The van der Waals surface area contributed by atoms with E-state index in [4.69, 9.17) is 4.74 Å². The summed E-state index contributed by atoms with van der Waals surface area (Å²) in [5.74, 6) is 0.782. The largest absolute Gasteiger partial charge is 0.494 e. The lowest BCUT2D eigenvalue weighted by Crippen LogP contribution is -2.37. The van der Waals surface area contributed by atoms with E-state index in [9.17, 15) is 4.79 Å². The number of benzene rings is 2. The number of hydrogen-bond acceptors (Lipinski definition) is 4. The number of amides is 1. The zero-order valence-electron chi connectivity index (χ0n) is 13.8. The third kappa shape index (κ3) is 2.98. The number of ether oxygens (including phenoxy) is 1. The molecule has 0 bridgehead atoms. The minimum atomic E-state index is -0.238. The molecule has 1 amide bonds. The lowest BCUT2D eigenvalue weighted by molar-refractivity contribution is 0.0937. The molecule has 1 aromatic heterocycles. The molecule has 5 heteroatoms. The van der Waals surface area contributed by atoms with Crippen molar-refractivity contribution in [3.63, 3.8) is 0 Å². The Hall–Kier alpha value is -2.79.